The number of hydrogen-bond donors (Lipinski definition) is 1. The molecule has 0 aliphatic heterocycles. The molecule has 1 nitrogen and oxygen atoms in total. The van der Waals surface area contributed by atoms with Gasteiger partial charge in [-0.2, -0.15) is 0 Å². The molecule has 1 heteroatoms. The van der Waals surface area contributed by atoms with Gasteiger partial charge >= 0.3 is 0 Å². The van der Waals surface area contributed by atoms with E-state index < -0.39 is 0 Å². The molecule has 0 amide bonds. The van der Waals surface area contributed by atoms with Crippen LogP contribution in [0.5, 0.6) is 0 Å². The third-order valence-corrected chi connectivity index (χ3v) is 5.79. The first-order valence-electron chi connectivity index (χ1n) is 7.32. The number of aliphatic hydroxyl groups is 1. The monoisotopic (exact) mass is 236 g/mol. The minimum Gasteiger partial charge on any atom is -0.393 e. The largest absolute Gasteiger partial charge is 0.393 e. The zero-order chi connectivity index (χ0) is 12.6. The zero-order valence-corrected chi connectivity index (χ0v) is 11.9. The smallest absolute Gasteiger partial charge is 0.0540 e. The standard InChI is InChI=1S/C16H28O/c1-11-6-5-7-15-9-8-14(10-16(11,15)4)12(2)13(3)17/h7,11-14,17H,5-6,8-10H2,1-4H3/t11-,12?,13?,14-,16+/m1/s1. The Bertz CT molecular complexity index is 305. The van der Waals surface area contributed by atoms with E-state index in [0.717, 1.165) is 5.92 Å². The summed E-state index contributed by atoms with van der Waals surface area (Å²) in [6.45, 7) is 9.05. The molecule has 2 aliphatic carbocycles. The number of allylic oxidation sites excluding steroid dienone is 2. The van der Waals surface area contributed by atoms with Gasteiger partial charge in [-0.1, -0.05) is 32.4 Å². The van der Waals surface area contributed by atoms with E-state index >= 15 is 0 Å². The zero-order valence-electron chi connectivity index (χ0n) is 11.9. The van der Waals surface area contributed by atoms with Crippen molar-refractivity contribution < 1.29 is 5.11 Å². The number of rotatable bonds is 2. The molecule has 2 unspecified atom stereocenters. The molecule has 2 rings (SSSR count). The average Bonchev–Trinajstić information content (AvgIpc) is 2.29. The summed E-state index contributed by atoms with van der Waals surface area (Å²) in [5.74, 6) is 1.96. The predicted octanol–water partition coefficient (Wildman–Crippen LogP) is 4.17. The summed E-state index contributed by atoms with van der Waals surface area (Å²) in [5.41, 5.74) is 2.13. The van der Waals surface area contributed by atoms with Crippen LogP contribution < -0.4 is 0 Å². The molecule has 17 heavy (non-hydrogen) atoms. The maximum absolute atomic E-state index is 9.80. The Morgan fingerprint density at radius 3 is 2.71 bits per heavy atom. The van der Waals surface area contributed by atoms with Crippen molar-refractivity contribution >= 4 is 0 Å². The molecule has 0 heterocycles. The minimum absolute atomic E-state index is 0.159. The lowest BCUT2D eigenvalue weighted by Gasteiger charge is -2.48. The van der Waals surface area contributed by atoms with Crippen LogP contribution in [0.3, 0.4) is 0 Å². The second-order valence-corrected chi connectivity index (χ2v) is 6.73. The van der Waals surface area contributed by atoms with Gasteiger partial charge in [-0.3, -0.25) is 0 Å². The summed E-state index contributed by atoms with van der Waals surface area (Å²) in [6.07, 6.45) is 8.80. The molecule has 98 valence electrons. The van der Waals surface area contributed by atoms with Gasteiger partial charge < -0.3 is 5.11 Å². The Kier molecular flexibility index (Phi) is 3.68. The quantitative estimate of drug-likeness (QED) is 0.714. The number of aliphatic hydroxyl groups excluding tert-OH is 1. The van der Waals surface area contributed by atoms with E-state index in [1.807, 2.05) is 6.92 Å². The molecule has 0 radical (unpaired) electrons. The van der Waals surface area contributed by atoms with Crippen molar-refractivity contribution in [3.05, 3.63) is 11.6 Å². The van der Waals surface area contributed by atoms with Crippen molar-refractivity contribution in [2.24, 2.45) is 23.2 Å². The topological polar surface area (TPSA) is 20.2 Å². The molecule has 0 aromatic rings. The minimum atomic E-state index is -0.159. The first kappa shape index (κ1) is 13.1. The van der Waals surface area contributed by atoms with Crippen LogP contribution in [0.15, 0.2) is 11.6 Å². The fraction of sp³-hybridized carbons (Fsp3) is 0.875. The van der Waals surface area contributed by atoms with Crippen LogP contribution in [-0.2, 0) is 0 Å². The van der Waals surface area contributed by atoms with Gasteiger partial charge in [0.25, 0.3) is 0 Å². The van der Waals surface area contributed by atoms with E-state index in [0.29, 0.717) is 17.3 Å². The highest BCUT2D eigenvalue weighted by Crippen LogP contribution is 2.53. The van der Waals surface area contributed by atoms with Gasteiger partial charge in [0.1, 0.15) is 0 Å². The van der Waals surface area contributed by atoms with E-state index in [4.69, 9.17) is 0 Å². The van der Waals surface area contributed by atoms with E-state index in [1.54, 1.807) is 5.57 Å². The van der Waals surface area contributed by atoms with Crippen LogP contribution in [0.25, 0.3) is 0 Å². The molecule has 0 aromatic carbocycles. The summed E-state index contributed by atoms with van der Waals surface area (Å²) in [4.78, 5) is 0. The molecular formula is C16H28O. The van der Waals surface area contributed by atoms with Gasteiger partial charge in [0.05, 0.1) is 6.10 Å². The molecule has 1 N–H and O–H groups in total. The van der Waals surface area contributed by atoms with Crippen molar-refractivity contribution in [2.75, 3.05) is 0 Å². The summed E-state index contributed by atoms with van der Waals surface area (Å²) >= 11 is 0. The first-order valence-corrected chi connectivity index (χ1v) is 7.32. The molecular weight excluding hydrogens is 208 g/mol. The highest BCUT2D eigenvalue weighted by atomic mass is 16.3. The number of hydrogen-bond acceptors (Lipinski definition) is 1. The van der Waals surface area contributed by atoms with Crippen LogP contribution in [0.2, 0.25) is 0 Å². The maximum Gasteiger partial charge on any atom is 0.0540 e. The molecule has 0 spiro atoms. The summed E-state index contributed by atoms with van der Waals surface area (Å²) in [5, 5.41) is 9.80. The SMILES string of the molecule is CC(O)C(C)[C@@H]1CCC2=CCC[C@@H](C)[C@]2(C)C1. The second kappa shape index (κ2) is 4.76. The van der Waals surface area contributed by atoms with Crippen LogP contribution in [-0.4, -0.2) is 11.2 Å². The normalized spacial score (nSPS) is 41.4. The molecule has 1 fully saturated rings. The Balaban J connectivity index is 2.15. The molecule has 5 atom stereocenters. The van der Waals surface area contributed by atoms with Crippen LogP contribution in [0.4, 0.5) is 0 Å². The summed E-state index contributed by atoms with van der Waals surface area (Å²) in [6, 6.07) is 0. The van der Waals surface area contributed by atoms with E-state index in [2.05, 4.69) is 26.8 Å². The third-order valence-electron chi connectivity index (χ3n) is 5.79. The fourth-order valence-electron chi connectivity index (χ4n) is 3.93. The first-order chi connectivity index (χ1) is 7.95. The van der Waals surface area contributed by atoms with E-state index in [-0.39, 0.29) is 6.10 Å². The molecule has 1 saturated carbocycles. The Morgan fingerprint density at radius 2 is 2.06 bits per heavy atom. The van der Waals surface area contributed by atoms with Gasteiger partial charge in [-0.05, 0) is 62.2 Å². The van der Waals surface area contributed by atoms with Gasteiger partial charge in [0.15, 0.2) is 0 Å². The Labute approximate surface area is 106 Å². The van der Waals surface area contributed by atoms with Crippen LogP contribution in [0.1, 0.15) is 59.8 Å². The van der Waals surface area contributed by atoms with E-state index in [9.17, 15) is 5.11 Å². The second-order valence-electron chi connectivity index (χ2n) is 6.73. The van der Waals surface area contributed by atoms with Gasteiger partial charge in [0, 0.05) is 0 Å². The van der Waals surface area contributed by atoms with E-state index in [1.165, 1.54) is 32.1 Å². The maximum atomic E-state index is 9.80. The molecule has 0 bridgehead atoms. The Hall–Kier alpha value is -0.300. The Morgan fingerprint density at radius 1 is 1.35 bits per heavy atom. The van der Waals surface area contributed by atoms with Crippen molar-refractivity contribution in [3.63, 3.8) is 0 Å². The lowest BCUT2D eigenvalue weighted by atomic mass is 9.57. The van der Waals surface area contributed by atoms with Crippen molar-refractivity contribution in [1.82, 2.24) is 0 Å². The lowest BCUT2D eigenvalue weighted by Crippen LogP contribution is -2.39. The van der Waals surface area contributed by atoms with Gasteiger partial charge in [-0.15, -0.1) is 0 Å². The third kappa shape index (κ3) is 2.31. The van der Waals surface area contributed by atoms with Crippen molar-refractivity contribution in [2.45, 2.75) is 65.9 Å². The molecule has 2 aliphatic rings. The summed E-state index contributed by atoms with van der Waals surface area (Å²) < 4.78 is 0. The predicted molar refractivity (Wildman–Crippen MR) is 72.8 cm³/mol. The van der Waals surface area contributed by atoms with Gasteiger partial charge in [-0.25, -0.2) is 0 Å². The van der Waals surface area contributed by atoms with Crippen molar-refractivity contribution in [3.8, 4) is 0 Å². The molecule has 0 aromatic heterocycles. The molecule has 0 saturated heterocycles. The van der Waals surface area contributed by atoms with Crippen molar-refractivity contribution in [1.29, 1.82) is 0 Å². The number of fused-ring (bicyclic) bond motifs is 1. The van der Waals surface area contributed by atoms with Crippen LogP contribution >= 0.6 is 0 Å². The van der Waals surface area contributed by atoms with Gasteiger partial charge in [0.2, 0.25) is 0 Å². The highest BCUT2D eigenvalue weighted by molar-refractivity contribution is 5.21. The fourth-order valence-corrected chi connectivity index (χ4v) is 3.93. The lowest BCUT2D eigenvalue weighted by molar-refractivity contribution is 0.0479. The highest BCUT2D eigenvalue weighted by Gasteiger charge is 2.43. The van der Waals surface area contributed by atoms with Crippen LogP contribution in [0, 0.1) is 23.2 Å². The average molecular weight is 236 g/mol. The summed E-state index contributed by atoms with van der Waals surface area (Å²) in [7, 11) is 0.